The van der Waals surface area contributed by atoms with Gasteiger partial charge in [-0.05, 0) is 66.7 Å². The van der Waals surface area contributed by atoms with Crippen molar-refractivity contribution in [2.75, 3.05) is 51.9 Å². The lowest BCUT2D eigenvalue weighted by molar-refractivity contribution is 0.0357. The number of morpholine rings is 1. The Morgan fingerprint density at radius 3 is 2.65 bits per heavy atom. The van der Waals surface area contributed by atoms with Gasteiger partial charge in [0.15, 0.2) is 28.2 Å². The van der Waals surface area contributed by atoms with Crippen LogP contribution in [-0.4, -0.2) is 67.8 Å². The normalized spacial score (nSPS) is 13.7. The van der Waals surface area contributed by atoms with E-state index in [-0.39, 0.29) is 16.5 Å². The molecular formula is C31H31F2N5O4S. The summed E-state index contributed by atoms with van der Waals surface area (Å²) in [6, 6.07) is 15.8. The number of hydrogen-bond acceptors (Lipinski definition) is 8. The number of thiocarbonyl (C=S) groups is 1. The Labute approximate surface area is 253 Å². The van der Waals surface area contributed by atoms with E-state index in [9.17, 15) is 4.39 Å². The number of fused-ring (bicyclic) bond motifs is 1. The molecule has 3 aromatic carbocycles. The van der Waals surface area contributed by atoms with Gasteiger partial charge in [0, 0.05) is 37.3 Å². The fourth-order valence-corrected chi connectivity index (χ4v) is 4.62. The molecule has 1 aromatic heterocycles. The van der Waals surface area contributed by atoms with Gasteiger partial charge in [0.1, 0.15) is 11.6 Å². The van der Waals surface area contributed by atoms with E-state index in [1.807, 2.05) is 0 Å². The summed E-state index contributed by atoms with van der Waals surface area (Å²) in [6.07, 6.45) is 3.84. The van der Waals surface area contributed by atoms with Crippen molar-refractivity contribution >= 4 is 40.1 Å². The fourth-order valence-electron chi connectivity index (χ4n) is 4.46. The molecule has 0 radical (unpaired) electrons. The van der Waals surface area contributed by atoms with Gasteiger partial charge in [-0.3, -0.25) is 15.3 Å². The summed E-state index contributed by atoms with van der Waals surface area (Å²) < 4.78 is 51.7. The van der Waals surface area contributed by atoms with Crippen LogP contribution in [0.1, 0.15) is 12.0 Å². The number of aromatic nitrogens is 1. The highest BCUT2D eigenvalue weighted by atomic mass is 32.1. The third-order valence-electron chi connectivity index (χ3n) is 6.64. The van der Waals surface area contributed by atoms with E-state index in [0.29, 0.717) is 40.3 Å². The number of para-hydroxylation sites is 1. The van der Waals surface area contributed by atoms with Gasteiger partial charge in [-0.2, -0.15) is 5.10 Å². The summed E-state index contributed by atoms with van der Waals surface area (Å²) in [7, 11) is 1.57. The molecule has 1 aliphatic rings. The molecule has 0 atom stereocenters. The average Bonchev–Trinajstić information content (AvgIpc) is 3.02. The monoisotopic (exact) mass is 607 g/mol. The maximum Gasteiger partial charge on any atom is 0.191 e. The van der Waals surface area contributed by atoms with Crippen LogP contribution in [0.4, 0.5) is 14.5 Å². The third kappa shape index (κ3) is 8.13. The van der Waals surface area contributed by atoms with Crippen LogP contribution in [0.15, 0.2) is 72.0 Å². The van der Waals surface area contributed by atoms with E-state index in [1.54, 1.807) is 55.8 Å². The third-order valence-corrected chi connectivity index (χ3v) is 6.84. The van der Waals surface area contributed by atoms with Crippen molar-refractivity contribution in [3.63, 3.8) is 0 Å². The molecular weight excluding hydrogens is 576 g/mol. The first-order chi connectivity index (χ1) is 21.0. The van der Waals surface area contributed by atoms with E-state index >= 15 is 4.39 Å². The van der Waals surface area contributed by atoms with E-state index < -0.39 is 11.6 Å². The lowest BCUT2D eigenvalue weighted by Crippen LogP contribution is -2.37. The molecule has 43 heavy (non-hydrogen) atoms. The van der Waals surface area contributed by atoms with E-state index in [2.05, 4.69) is 25.7 Å². The number of rotatable bonds is 11. The second-order valence-electron chi connectivity index (χ2n) is 9.58. The molecule has 0 aliphatic carbocycles. The van der Waals surface area contributed by atoms with Crippen LogP contribution in [0.25, 0.3) is 10.9 Å². The maximum atomic E-state index is 15.0. The number of hydrogen-bond donors (Lipinski definition) is 2. The molecule has 2 N–H and O–H groups in total. The Kier molecular flexibility index (Phi) is 10.3. The molecule has 0 unspecified atom stereocenters. The minimum Gasteiger partial charge on any atom is -0.493 e. The molecule has 4 aromatic rings. The first kappa shape index (κ1) is 30.1. The summed E-state index contributed by atoms with van der Waals surface area (Å²) in [5.74, 6) is 0.503. The van der Waals surface area contributed by atoms with Crippen LogP contribution in [0.2, 0.25) is 0 Å². The van der Waals surface area contributed by atoms with Gasteiger partial charge in [0.2, 0.25) is 0 Å². The quantitative estimate of drug-likeness (QED) is 0.0960. The van der Waals surface area contributed by atoms with Crippen LogP contribution in [-0.2, 0) is 4.74 Å². The minimum absolute atomic E-state index is 0.0248. The Hall–Kier alpha value is -4.39. The predicted molar refractivity (Wildman–Crippen MR) is 165 cm³/mol. The standard InChI is InChI=1S/C31H31F2N5O4S/c1-39-29-18-22-26(19-30(29)41-14-4-11-38-12-15-40-16-13-38)34-10-9-27(22)42-28-8-7-21(17-24(28)33)20-35-37-31(43)36-25-6-3-2-5-23(25)32/h2-3,5-10,17-20H,4,11-16H2,1H3,(H2,36,37,43)/b35-20+. The van der Waals surface area contributed by atoms with Crippen LogP contribution in [0.5, 0.6) is 23.0 Å². The van der Waals surface area contributed by atoms with E-state index in [4.69, 9.17) is 31.2 Å². The summed E-state index contributed by atoms with van der Waals surface area (Å²) in [5, 5.41) is 7.43. The first-order valence-electron chi connectivity index (χ1n) is 13.7. The predicted octanol–water partition coefficient (Wildman–Crippen LogP) is 5.74. The zero-order valence-corrected chi connectivity index (χ0v) is 24.3. The van der Waals surface area contributed by atoms with Gasteiger partial charge < -0.3 is 24.3 Å². The van der Waals surface area contributed by atoms with Crippen molar-refractivity contribution in [2.24, 2.45) is 5.10 Å². The lowest BCUT2D eigenvalue weighted by atomic mass is 10.1. The van der Waals surface area contributed by atoms with Crippen LogP contribution in [0, 0.1) is 11.6 Å². The van der Waals surface area contributed by atoms with Gasteiger partial charge in [-0.15, -0.1) is 0 Å². The van der Waals surface area contributed by atoms with Crippen LogP contribution < -0.4 is 25.0 Å². The van der Waals surface area contributed by atoms with Gasteiger partial charge in [-0.1, -0.05) is 12.1 Å². The van der Waals surface area contributed by atoms with Gasteiger partial charge in [0.25, 0.3) is 0 Å². The molecule has 2 heterocycles. The van der Waals surface area contributed by atoms with Crippen molar-refractivity contribution in [3.8, 4) is 23.0 Å². The van der Waals surface area contributed by atoms with Crippen molar-refractivity contribution in [1.29, 1.82) is 0 Å². The lowest BCUT2D eigenvalue weighted by Gasteiger charge is -2.26. The number of benzene rings is 3. The van der Waals surface area contributed by atoms with Crippen molar-refractivity contribution in [3.05, 3.63) is 84.1 Å². The molecule has 0 amide bonds. The highest BCUT2D eigenvalue weighted by Gasteiger charge is 2.15. The number of ether oxygens (including phenoxy) is 4. The topological polar surface area (TPSA) is 89.5 Å². The number of methoxy groups -OCH3 is 1. The molecule has 12 heteroatoms. The molecule has 224 valence electrons. The molecule has 5 rings (SSSR count). The number of hydrazone groups is 1. The Bertz CT molecular complexity index is 1600. The molecule has 0 bridgehead atoms. The molecule has 9 nitrogen and oxygen atoms in total. The number of pyridine rings is 1. The first-order valence-corrected chi connectivity index (χ1v) is 14.1. The van der Waals surface area contributed by atoms with Gasteiger partial charge in [-0.25, -0.2) is 8.78 Å². The zero-order chi connectivity index (χ0) is 30.0. The van der Waals surface area contributed by atoms with Crippen molar-refractivity contribution in [2.45, 2.75) is 6.42 Å². The summed E-state index contributed by atoms with van der Waals surface area (Å²) >= 11 is 5.12. The molecule has 1 aliphatic heterocycles. The van der Waals surface area contributed by atoms with Crippen LogP contribution >= 0.6 is 12.2 Å². The SMILES string of the molecule is COc1cc2c(Oc3ccc(/C=N/NC(=S)Nc4ccccc4F)cc3F)ccnc2cc1OCCCN1CCOCC1. The second-order valence-corrected chi connectivity index (χ2v) is 9.99. The largest absolute Gasteiger partial charge is 0.493 e. The molecule has 0 spiro atoms. The molecule has 0 saturated carbocycles. The molecule has 1 fully saturated rings. The fraction of sp³-hybridized carbons (Fsp3) is 0.258. The minimum atomic E-state index is -0.590. The number of nitrogens with zero attached hydrogens (tertiary/aromatic N) is 3. The zero-order valence-electron chi connectivity index (χ0n) is 23.5. The maximum absolute atomic E-state index is 15.0. The van der Waals surface area contributed by atoms with Gasteiger partial charge >= 0.3 is 0 Å². The summed E-state index contributed by atoms with van der Waals surface area (Å²) in [5.41, 5.74) is 3.88. The Morgan fingerprint density at radius 1 is 1.02 bits per heavy atom. The van der Waals surface area contributed by atoms with E-state index in [1.165, 1.54) is 24.4 Å². The Balaban J connectivity index is 1.21. The van der Waals surface area contributed by atoms with Gasteiger partial charge in [0.05, 0.1) is 44.3 Å². The summed E-state index contributed by atoms with van der Waals surface area (Å²) in [4.78, 5) is 6.80. The Morgan fingerprint density at radius 2 is 1.86 bits per heavy atom. The van der Waals surface area contributed by atoms with E-state index in [0.717, 1.165) is 39.3 Å². The van der Waals surface area contributed by atoms with Crippen molar-refractivity contribution < 1.29 is 27.7 Å². The number of nitrogens with one attached hydrogen (secondary N) is 2. The van der Waals surface area contributed by atoms with Crippen LogP contribution in [0.3, 0.4) is 0 Å². The number of halogens is 2. The average molecular weight is 608 g/mol. The second kappa shape index (κ2) is 14.7. The smallest absolute Gasteiger partial charge is 0.191 e. The molecule has 1 saturated heterocycles. The van der Waals surface area contributed by atoms with Crippen molar-refractivity contribution in [1.82, 2.24) is 15.3 Å². The highest BCUT2D eigenvalue weighted by Crippen LogP contribution is 2.37. The number of anilines is 1. The summed E-state index contributed by atoms with van der Waals surface area (Å²) in [6.45, 7) is 4.86. The highest BCUT2D eigenvalue weighted by molar-refractivity contribution is 7.80.